The molecule has 0 fully saturated rings. The van der Waals surface area contributed by atoms with Crippen LogP contribution in [0.3, 0.4) is 0 Å². The fourth-order valence-electron chi connectivity index (χ4n) is 3.22. The summed E-state index contributed by atoms with van der Waals surface area (Å²) in [5.41, 5.74) is 5.51. The molecule has 1 aliphatic rings. The van der Waals surface area contributed by atoms with Gasteiger partial charge in [0.1, 0.15) is 5.75 Å². The molecule has 0 radical (unpaired) electrons. The van der Waals surface area contributed by atoms with E-state index in [1.165, 1.54) is 28.7 Å². The largest absolute Gasteiger partial charge is 0.497 e. The van der Waals surface area contributed by atoms with E-state index < -0.39 is 0 Å². The molecule has 2 atom stereocenters. The van der Waals surface area contributed by atoms with Crippen molar-refractivity contribution in [2.75, 3.05) is 7.11 Å². The Labute approximate surface area is 127 Å². The van der Waals surface area contributed by atoms with Gasteiger partial charge in [-0.3, -0.25) is 0 Å². The highest BCUT2D eigenvalue weighted by Gasteiger charge is 2.24. The predicted octanol–water partition coefficient (Wildman–Crippen LogP) is 4.34. The van der Waals surface area contributed by atoms with E-state index in [0.29, 0.717) is 12.1 Å². The minimum absolute atomic E-state index is 0.354. The van der Waals surface area contributed by atoms with Gasteiger partial charge in [0.05, 0.1) is 7.11 Å². The van der Waals surface area contributed by atoms with Crippen molar-refractivity contribution in [3.05, 3.63) is 64.7 Å². The standard InChI is InChI=1S/C19H23NO/c1-13-5-4-6-16(11-13)14(2)20-19-10-8-15-7-9-17(21-3)12-18(15)19/h4-7,9,11-12,14,19-20H,8,10H2,1-3H3/t14-,19?/m0/s1. The van der Waals surface area contributed by atoms with Gasteiger partial charge < -0.3 is 10.1 Å². The highest BCUT2D eigenvalue weighted by molar-refractivity contribution is 5.41. The average Bonchev–Trinajstić information content (AvgIpc) is 2.89. The SMILES string of the molecule is COc1ccc2c(c1)C(N[C@@H](C)c1cccc(C)c1)CC2. The molecule has 2 aromatic carbocycles. The Kier molecular flexibility index (Phi) is 3.98. The van der Waals surface area contributed by atoms with Gasteiger partial charge in [-0.2, -0.15) is 0 Å². The number of methoxy groups -OCH3 is 1. The van der Waals surface area contributed by atoms with Gasteiger partial charge in [-0.25, -0.2) is 0 Å². The highest BCUT2D eigenvalue weighted by Crippen LogP contribution is 2.35. The summed E-state index contributed by atoms with van der Waals surface area (Å²) in [6.07, 6.45) is 2.32. The Bertz CT molecular complexity index is 635. The van der Waals surface area contributed by atoms with Gasteiger partial charge in [0, 0.05) is 12.1 Å². The van der Waals surface area contributed by atoms with Gasteiger partial charge in [-0.05, 0) is 55.5 Å². The molecule has 0 heterocycles. The lowest BCUT2D eigenvalue weighted by molar-refractivity contribution is 0.412. The third kappa shape index (κ3) is 2.96. The van der Waals surface area contributed by atoms with Crippen molar-refractivity contribution < 1.29 is 4.74 Å². The fourth-order valence-corrected chi connectivity index (χ4v) is 3.22. The van der Waals surface area contributed by atoms with Crippen LogP contribution in [-0.4, -0.2) is 7.11 Å². The number of aryl methyl sites for hydroxylation is 2. The Morgan fingerprint density at radius 3 is 2.81 bits per heavy atom. The molecule has 0 saturated carbocycles. The van der Waals surface area contributed by atoms with E-state index in [1.54, 1.807) is 7.11 Å². The molecule has 0 aromatic heterocycles. The Morgan fingerprint density at radius 2 is 2.05 bits per heavy atom. The average molecular weight is 281 g/mol. The first-order chi connectivity index (χ1) is 10.2. The van der Waals surface area contributed by atoms with Crippen LogP contribution in [0.1, 0.15) is 47.7 Å². The first-order valence-electron chi connectivity index (χ1n) is 7.67. The molecule has 0 amide bonds. The van der Waals surface area contributed by atoms with Crippen LogP contribution in [0.25, 0.3) is 0 Å². The molecule has 1 aliphatic carbocycles. The topological polar surface area (TPSA) is 21.3 Å². The quantitative estimate of drug-likeness (QED) is 0.900. The molecule has 2 aromatic rings. The zero-order valence-electron chi connectivity index (χ0n) is 13.0. The first-order valence-corrected chi connectivity index (χ1v) is 7.67. The second kappa shape index (κ2) is 5.90. The Hall–Kier alpha value is -1.80. The summed E-state index contributed by atoms with van der Waals surface area (Å²) in [5, 5.41) is 3.77. The van der Waals surface area contributed by atoms with Crippen molar-refractivity contribution in [1.29, 1.82) is 0 Å². The zero-order valence-corrected chi connectivity index (χ0v) is 13.0. The molecule has 110 valence electrons. The molecule has 0 spiro atoms. The molecular formula is C19H23NO. The van der Waals surface area contributed by atoms with Crippen molar-refractivity contribution in [2.45, 2.75) is 38.8 Å². The third-order valence-corrected chi connectivity index (χ3v) is 4.42. The normalized spacial score (nSPS) is 18.3. The van der Waals surface area contributed by atoms with Crippen LogP contribution in [0.4, 0.5) is 0 Å². The van der Waals surface area contributed by atoms with E-state index in [1.807, 2.05) is 0 Å². The molecule has 1 N–H and O–H groups in total. The predicted molar refractivity (Wildman–Crippen MR) is 86.8 cm³/mol. The number of rotatable bonds is 4. The fraction of sp³-hybridized carbons (Fsp3) is 0.368. The van der Waals surface area contributed by atoms with Crippen LogP contribution in [0, 0.1) is 6.92 Å². The first kappa shape index (κ1) is 14.2. The van der Waals surface area contributed by atoms with E-state index in [9.17, 15) is 0 Å². The van der Waals surface area contributed by atoms with Gasteiger partial charge >= 0.3 is 0 Å². The summed E-state index contributed by atoms with van der Waals surface area (Å²) in [6, 6.07) is 16.0. The lowest BCUT2D eigenvalue weighted by atomic mass is 10.0. The number of fused-ring (bicyclic) bond motifs is 1. The second-order valence-corrected chi connectivity index (χ2v) is 5.96. The van der Waals surface area contributed by atoms with Gasteiger partial charge in [0.2, 0.25) is 0 Å². The van der Waals surface area contributed by atoms with Crippen LogP contribution in [0.5, 0.6) is 5.75 Å². The third-order valence-electron chi connectivity index (χ3n) is 4.42. The zero-order chi connectivity index (χ0) is 14.8. The summed E-state index contributed by atoms with van der Waals surface area (Å²) >= 11 is 0. The number of nitrogens with one attached hydrogen (secondary N) is 1. The Balaban J connectivity index is 1.78. The van der Waals surface area contributed by atoms with Crippen LogP contribution in [0.2, 0.25) is 0 Å². The Morgan fingerprint density at radius 1 is 1.19 bits per heavy atom. The summed E-state index contributed by atoms with van der Waals surface area (Å²) < 4.78 is 5.37. The monoisotopic (exact) mass is 281 g/mol. The van der Waals surface area contributed by atoms with Crippen LogP contribution >= 0.6 is 0 Å². The van der Waals surface area contributed by atoms with E-state index in [0.717, 1.165) is 12.2 Å². The number of hydrogen-bond acceptors (Lipinski definition) is 2. The lowest BCUT2D eigenvalue weighted by Gasteiger charge is -2.21. The van der Waals surface area contributed by atoms with Crippen molar-refractivity contribution in [3.8, 4) is 5.75 Å². The number of hydrogen-bond donors (Lipinski definition) is 1. The molecule has 21 heavy (non-hydrogen) atoms. The summed E-state index contributed by atoms with van der Waals surface area (Å²) in [7, 11) is 1.73. The van der Waals surface area contributed by atoms with Crippen LogP contribution < -0.4 is 10.1 Å². The molecule has 0 aliphatic heterocycles. The highest BCUT2D eigenvalue weighted by atomic mass is 16.5. The number of ether oxygens (including phenoxy) is 1. The van der Waals surface area contributed by atoms with Crippen molar-refractivity contribution in [3.63, 3.8) is 0 Å². The molecule has 2 nitrogen and oxygen atoms in total. The molecule has 0 saturated heterocycles. The van der Waals surface area contributed by atoms with E-state index in [2.05, 4.69) is 61.6 Å². The smallest absolute Gasteiger partial charge is 0.119 e. The van der Waals surface area contributed by atoms with Crippen LogP contribution in [0.15, 0.2) is 42.5 Å². The van der Waals surface area contributed by atoms with E-state index >= 15 is 0 Å². The van der Waals surface area contributed by atoms with E-state index in [4.69, 9.17) is 4.74 Å². The second-order valence-electron chi connectivity index (χ2n) is 5.96. The minimum atomic E-state index is 0.354. The van der Waals surface area contributed by atoms with Crippen molar-refractivity contribution in [2.24, 2.45) is 0 Å². The maximum atomic E-state index is 5.37. The summed E-state index contributed by atoms with van der Waals surface area (Å²) in [5.74, 6) is 0.950. The summed E-state index contributed by atoms with van der Waals surface area (Å²) in [4.78, 5) is 0. The molecule has 2 heteroatoms. The van der Waals surface area contributed by atoms with Crippen molar-refractivity contribution in [1.82, 2.24) is 5.32 Å². The van der Waals surface area contributed by atoms with Crippen LogP contribution in [-0.2, 0) is 6.42 Å². The maximum absolute atomic E-state index is 5.37. The van der Waals surface area contributed by atoms with Gasteiger partial charge in [0.15, 0.2) is 0 Å². The molecule has 0 bridgehead atoms. The van der Waals surface area contributed by atoms with Gasteiger partial charge in [0.25, 0.3) is 0 Å². The van der Waals surface area contributed by atoms with Gasteiger partial charge in [-0.1, -0.05) is 35.9 Å². The summed E-state index contributed by atoms with van der Waals surface area (Å²) in [6.45, 7) is 4.39. The van der Waals surface area contributed by atoms with E-state index in [-0.39, 0.29) is 0 Å². The van der Waals surface area contributed by atoms with Crippen molar-refractivity contribution >= 4 is 0 Å². The van der Waals surface area contributed by atoms with Gasteiger partial charge in [-0.15, -0.1) is 0 Å². The minimum Gasteiger partial charge on any atom is -0.497 e. The number of benzene rings is 2. The molecule has 1 unspecified atom stereocenters. The lowest BCUT2D eigenvalue weighted by Crippen LogP contribution is -2.23. The molecular weight excluding hydrogens is 258 g/mol. The maximum Gasteiger partial charge on any atom is 0.119 e. The molecule has 3 rings (SSSR count).